The zero-order chi connectivity index (χ0) is 19.2. The van der Waals surface area contributed by atoms with Gasteiger partial charge >= 0.3 is 0 Å². The van der Waals surface area contributed by atoms with Crippen molar-refractivity contribution in [2.24, 2.45) is 5.92 Å². The molecule has 2 aromatic rings. The SMILES string of the molecule is COc1ccc(S(=O)(=O)N[C@H](CC(=O)NCc2ccco2)C(C)C)cc1. The van der Waals surface area contributed by atoms with Crippen LogP contribution < -0.4 is 14.8 Å². The van der Waals surface area contributed by atoms with E-state index in [1.54, 1.807) is 24.3 Å². The topological polar surface area (TPSA) is 97.6 Å². The maximum Gasteiger partial charge on any atom is 0.240 e. The number of benzene rings is 1. The molecule has 0 bridgehead atoms. The van der Waals surface area contributed by atoms with E-state index < -0.39 is 16.1 Å². The average Bonchev–Trinajstić information content (AvgIpc) is 3.13. The van der Waals surface area contributed by atoms with Crippen LogP contribution in [0.2, 0.25) is 0 Å². The molecule has 0 aliphatic heterocycles. The molecule has 2 rings (SSSR count). The predicted molar refractivity (Wildman–Crippen MR) is 97.1 cm³/mol. The predicted octanol–water partition coefficient (Wildman–Crippen LogP) is 2.30. The Balaban J connectivity index is 2.00. The molecule has 0 fully saturated rings. The summed E-state index contributed by atoms with van der Waals surface area (Å²) in [7, 11) is -2.23. The maximum absolute atomic E-state index is 12.6. The number of ether oxygens (including phenoxy) is 1. The van der Waals surface area contributed by atoms with E-state index in [1.807, 2.05) is 13.8 Å². The van der Waals surface area contributed by atoms with Crippen LogP contribution in [0.15, 0.2) is 52.0 Å². The standard InChI is InChI=1S/C18H24N2O5S/c1-13(2)17(11-18(21)19-12-15-5-4-10-25-15)20-26(22,23)16-8-6-14(24-3)7-9-16/h4-10,13,17,20H,11-12H2,1-3H3,(H,19,21)/t17-/m1/s1. The summed E-state index contributed by atoms with van der Waals surface area (Å²) in [5, 5.41) is 2.73. The molecule has 1 aromatic carbocycles. The van der Waals surface area contributed by atoms with E-state index in [9.17, 15) is 13.2 Å². The summed E-state index contributed by atoms with van der Waals surface area (Å²) in [5.74, 6) is 0.898. The summed E-state index contributed by atoms with van der Waals surface area (Å²) in [6.07, 6.45) is 1.56. The third-order valence-electron chi connectivity index (χ3n) is 3.93. The minimum atomic E-state index is -3.74. The van der Waals surface area contributed by atoms with Gasteiger partial charge in [-0.3, -0.25) is 4.79 Å². The van der Waals surface area contributed by atoms with Crippen molar-refractivity contribution in [2.75, 3.05) is 7.11 Å². The van der Waals surface area contributed by atoms with Gasteiger partial charge in [0, 0.05) is 12.5 Å². The van der Waals surface area contributed by atoms with E-state index >= 15 is 0 Å². The van der Waals surface area contributed by atoms with Gasteiger partial charge in [0.2, 0.25) is 15.9 Å². The van der Waals surface area contributed by atoms with Crippen molar-refractivity contribution in [3.8, 4) is 5.75 Å². The Morgan fingerprint density at radius 2 is 1.88 bits per heavy atom. The van der Waals surface area contributed by atoms with Crippen LogP contribution in [0.1, 0.15) is 26.0 Å². The Morgan fingerprint density at radius 3 is 2.42 bits per heavy atom. The molecule has 0 aliphatic rings. The summed E-state index contributed by atoms with van der Waals surface area (Å²) < 4.78 is 38.0. The highest BCUT2D eigenvalue weighted by Crippen LogP contribution is 2.17. The molecule has 7 nitrogen and oxygen atoms in total. The summed E-state index contributed by atoms with van der Waals surface area (Å²) in [4.78, 5) is 12.3. The molecule has 1 amide bonds. The second-order valence-electron chi connectivity index (χ2n) is 6.21. The van der Waals surface area contributed by atoms with E-state index in [1.165, 1.54) is 25.5 Å². The van der Waals surface area contributed by atoms with Crippen LogP contribution in [0.25, 0.3) is 0 Å². The molecule has 0 radical (unpaired) electrons. The molecule has 142 valence electrons. The van der Waals surface area contributed by atoms with Gasteiger partial charge in [-0.05, 0) is 42.3 Å². The Bertz CT molecular complexity index is 799. The molecule has 1 aromatic heterocycles. The molecule has 1 atom stereocenters. The Kier molecular flexibility index (Phi) is 6.82. The van der Waals surface area contributed by atoms with Crippen molar-refractivity contribution in [2.45, 2.75) is 37.8 Å². The number of sulfonamides is 1. The zero-order valence-electron chi connectivity index (χ0n) is 15.1. The smallest absolute Gasteiger partial charge is 0.240 e. The second kappa shape index (κ2) is 8.86. The summed E-state index contributed by atoms with van der Waals surface area (Å²) in [6.45, 7) is 3.99. The van der Waals surface area contributed by atoms with Crippen molar-refractivity contribution in [1.82, 2.24) is 10.0 Å². The Hall–Kier alpha value is -2.32. The quantitative estimate of drug-likeness (QED) is 0.696. The van der Waals surface area contributed by atoms with E-state index in [-0.39, 0.29) is 29.7 Å². The van der Waals surface area contributed by atoms with Gasteiger partial charge in [0.15, 0.2) is 0 Å². The van der Waals surface area contributed by atoms with E-state index in [0.717, 1.165) is 0 Å². The molecule has 0 saturated carbocycles. The van der Waals surface area contributed by atoms with Gasteiger partial charge in [0.1, 0.15) is 11.5 Å². The fourth-order valence-corrected chi connectivity index (χ4v) is 3.69. The van der Waals surface area contributed by atoms with Crippen LogP contribution in [-0.2, 0) is 21.4 Å². The number of methoxy groups -OCH3 is 1. The number of hydrogen-bond donors (Lipinski definition) is 2. The lowest BCUT2D eigenvalue weighted by atomic mass is 10.0. The largest absolute Gasteiger partial charge is 0.497 e. The van der Waals surface area contributed by atoms with Crippen LogP contribution in [0, 0.1) is 5.92 Å². The molecule has 0 aliphatic carbocycles. The third kappa shape index (κ3) is 5.60. The molecule has 2 N–H and O–H groups in total. The lowest BCUT2D eigenvalue weighted by Gasteiger charge is -2.22. The molecular weight excluding hydrogens is 356 g/mol. The van der Waals surface area contributed by atoms with Gasteiger partial charge in [-0.25, -0.2) is 13.1 Å². The monoisotopic (exact) mass is 380 g/mol. The maximum atomic E-state index is 12.6. The van der Waals surface area contributed by atoms with Gasteiger partial charge in [0.25, 0.3) is 0 Å². The number of furan rings is 1. The average molecular weight is 380 g/mol. The van der Waals surface area contributed by atoms with Crippen molar-refractivity contribution >= 4 is 15.9 Å². The number of amides is 1. The summed E-state index contributed by atoms with van der Waals surface area (Å²) in [5.41, 5.74) is 0. The van der Waals surface area contributed by atoms with E-state index in [2.05, 4.69) is 10.0 Å². The highest BCUT2D eigenvalue weighted by Gasteiger charge is 2.24. The number of hydrogen-bond acceptors (Lipinski definition) is 5. The van der Waals surface area contributed by atoms with E-state index in [0.29, 0.717) is 11.5 Å². The molecular formula is C18H24N2O5S. The molecule has 26 heavy (non-hydrogen) atoms. The molecule has 8 heteroatoms. The fraction of sp³-hybridized carbons (Fsp3) is 0.389. The molecule has 1 heterocycles. The third-order valence-corrected chi connectivity index (χ3v) is 5.43. The van der Waals surface area contributed by atoms with Crippen LogP contribution in [-0.4, -0.2) is 27.5 Å². The lowest BCUT2D eigenvalue weighted by Crippen LogP contribution is -2.42. The first kappa shape index (κ1) is 20.0. The Labute approximate surface area is 153 Å². The van der Waals surface area contributed by atoms with Gasteiger partial charge in [-0.15, -0.1) is 0 Å². The van der Waals surface area contributed by atoms with Crippen LogP contribution >= 0.6 is 0 Å². The first-order valence-corrected chi connectivity index (χ1v) is 9.75. The number of carbonyl (C=O) groups is 1. The van der Waals surface area contributed by atoms with Crippen LogP contribution in [0.3, 0.4) is 0 Å². The highest BCUT2D eigenvalue weighted by atomic mass is 32.2. The lowest BCUT2D eigenvalue weighted by molar-refractivity contribution is -0.121. The minimum Gasteiger partial charge on any atom is -0.497 e. The van der Waals surface area contributed by atoms with Crippen molar-refractivity contribution in [1.29, 1.82) is 0 Å². The normalized spacial score (nSPS) is 12.8. The first-order valence-electron chi connectivity index (χ1n) is 8.27. The van der Waals surface area contributed by atoms with Crippen molar-refractivity contribution in [3.05, 3.63) is 48.4 Å². The highest BCUT2D eigenvalue weighted by molar-refractivity contribution is 7.89. The van der Waals surface area contributed by atoms with Gasteiger partial charge in [-0.1, -0.05) is 13.8 Å². The van der Waals surface area contributed by atoms with Crippen LogP contribution in [0.4, 0.5) is 0 Å². The van der Waals surface area contributed by atoms with Gasteiger partial charge < -0.3 is 14.5 Å². The molecule has 0 spiro atoms. The first-order chi connectivity index (χ1) is 12.3. The number of nitrogens with one attached hydrogen (secondary N) is 2. The summed E-state index contributed by atoms with van der Waals surface area (Å²) >= 11 is 0. The minimum absolute atomic E-state index is 0.0355. The number of rotatable bonds is 9. The van der Waals surface area contributed by atoms with Crippen LogP contribution in [0.5, 0.6) is 5.75 Å². The molecule has 0 saturated heterocycles. The molecule has 0 unspecified atom stereocenters. The van der Waals surface area contributed by atoms with Crippen molar-refractivity contribution < 1.29 is 22.4 Å². The Morgan fingerprint density at radius 1 is 1.19 bits per heavy atom. The van der Waals surface area contributed by atoms with Gasteiger partial charge in [0.05, 0.1) is 24.8 Å². The summed E-state index contributed by atoms with van der Waals surface area (Å²) in [6, 6.07) is 9.06. The number of carbonyl (C=O) groups excluding carboxylic acids is 1. The van der Waals surface area contributed by atoms with Crippen molar-refractivity contribution in [3.63, 3.8) is 0 Å². The zero-order valence-corrected chi connectivity index (χ0v) is 15.9. The second-order valence-corrected chi connectivity index (χ2v) is 7.92. The fourth-order valence-electron chi connectivity index (χ4n) is 2.31. The van der Waals surface area contributed by atoms with E-state index in [4.69, 9.17) is 9.15 Å². The van der Waals surface area contributed by atoms with Gasteiger partial charge in [-0.2, -0.15) is 0 Å².